The van der Waals surface area contributed by atoms with Crippen LogP contribution in [-0.4, -0.2) is 54.3 Å². The van der Waals surface area contributed by atoms with Crippen molar-refractivity contribution in [2.24, 2.45) is 21.1 Å². The lowest BCUT2D eigenvalue weighted by Crippen LogP contribution is -2.44. The van der Waals surface area contributed by atoms with Crippen molar-refractivity contribution < 1.29 is 9.13 Å². The van der Waals surface area contributed by atoms with Crippen LogP contribution in [0.15, 0.2) is 41.5 Å². The van der Waals surface area contributed by atoms with E-state index in [0.717, 1.165) is 28.2 Å². The lowest BCUT2D eigenvalue weighted by Gasteiger charge is -2.36. The zero-order valence-corrected chi connectivity index (χ0v) is 23.5. The molecule has 6 rings (SSSR count). The number of nitrogens with zero attached hydrogens (tertiary/aromatic N) is 7. The minimum atomic E-state index is -0.340. The monoisotopic (exact) mass is 531 g/mol. The van der Waals surface area contributed by atoms with Gasteiger partial charge >= 0.3 is 5.69 Å². The largest absolute Gasteiger partial charge is 0.377 e. The van der Waals surface area contributed by atoms with Gasteiger partial charge in [-0.1, -0.05) is 20.8 Å². The van der Waals surface area contributed by atoms with Crippen molar-refractivity contribution in [2.45, 2.75) is 39.2 Å². The number of hydrogen-bond acceptors (Lipinski definition) is 5. The van der Waals surface area contributed by atoms with Gasteiger partial charge in [0.15, 0.2) is 0 Å². The third-order valence-corrected chi connectivity index (χ3v) is 7.69. The highest BCUT2D eigenvalue weighted by Gasteiger charge is 2.29. The number of aromatic nitrogens is 6. The number of anilines is 1. The highest BCUT2D eigenvalue weighted by molar-refractivity contribution is 5.93. The lowest BCUT2D eigenvalue weighted by atomic mass is 9.95. The second-order valence-electron chi connectivity index (χ2n) is 11.6. The van der Waals surface area contributed by atoms with Gasteiger partial charge in [-0.15, -0.1) is 0 Å². The van der Waals surface area contributed by atoms with Gasteiger partial charge in [0, 0.05) is 62.5 Å². The fourth-order valence-corrected chi connectivity index (χ4v) is 5.69. The molecule has 2 aromatic carbocycles. The third kappa shape index (κ3) is 3.96. The number of aryl methyl sites for hydroxylation is 3. The van der Waals surface area contributed by atoms with E-state index >= 15 is 4.39 Å². The average Bonchev–Trinajstić information content (AvgIpc) is 3.54. The molecule has 9 nitrogen and oxygen atoms in total. The molecule has 1 aliphatic rings. The second kappa shape index (κ2) is 8.81. The van der Waals surface area contributed by atoms with Gasteiger partial charge in [0.05, 0.1) is 52.9 Å². The number of hydrogen-bond donors (Lipinski definition) is 0. The fraction of sp³-hybridized carbons (Fsp3) is 0.414. The molecule has 1 aliphatic heterocycles. The quantitative estimate of drug-likeness (QED) is 0.348. The highest BCUT2D eigenvalue weighted by atomic mass is 19.1. The smallest absolute Gasteiger partial charge is 0.328 e. The van der Waals surface area contributed by atoms with Gasteiger partial charge in [0.1, 0.15) is 11.6 Å². The Balaban J connectivity index is 1.67. The van der Waals surface area contributed by atoms with Gasteiger partial charge in [0.2, 0.25) is 0 Å². The number of fused-ring (bicyclic) bond motifs is 2. The lowest BCUT2D eigenvalue weighted by molar-refractivity contribution is 0.0990. The molecule has 10 heteroatoms. The van der Waals surface area contributed by atoms with Crippen LogP contribution in [0.25, 0.3) is 38.9 Å². The summed E-state index contributed by atoms with van der Waals surface area (Å²) < 4.78 is 28.4. The van der Waals surface area contributed by atoms with E-state index in [1.165, 1.54) is 0 Å². The SMILES string of the molecule is C[C@H]1COCCN1c1cc(-n2c(C(C)(C)C)nc3cc(-c4cnn(C)c4)c(F)cc32)cc2c1n(C)c(=O)n2C. The predicted octanol–water partition coefficient (Wildman–Crippen LogP) is 4.28. The summed E-state index contributed by atoms with van der Waals surface area (Å²) >= 11 is 0. The molecule has 4 heterocycles. The summed E-state index contributed by atoms with van der Waals surface area (Å²) in [6.07, 6.45) is 3.46. The van der Waals surface area contributed by atoms with E-state index < -0.39 is 0 Å². The van der Waals surface area contributed by atoms with Gasteiger partial charge in [-0.05, 0) is 25.1 Å². The number of halogens is 1. The van der Waals surface area contributed by atoms with Gasteiger partial charge in [0.25, 0.3) is 0 Å². The molecule has 0 saturated carbocycles. The maximum absolute atomic E-state index is 15.7. The van der Waals surface area contributed by atoms with Crippen LogP contribution >= 0.6 is 0 Å². The van der Waals surface area contributed by atoms with Crippen LogP contribution in [-0.2, 0) is 31.3 Å². The van der Waals surface area contributed by atoms with Gasteiger partial charge < -0.3 is 9.64 Å². The van der Waals surface area contributed by atoms with E-state index in [2.05, 4.69) is 43.8 Å². The summed E-state index contributed by atoms with van der Waals surface area (Å²) in [6.45, 7) is 10.4. The molecule has 3 aromatic heterocycles. The van der Waals surface area contributed by atoms with Crippen molar-refractivity contribution >= 4 is 27.8 Å². The number of ether oxygens (including phenoxy) is 1. The van der Waals surface area contributed by atoms with Crippen LogP contribution in [0.5, 0.6) is 0 Å². The Kier molecular flexibility index (Phi) is 5.73. The standard InChI is InChI=1S/C29H34FN7O2/c1-17-16-39-9-8-36(17)25-11-19(10-24-26(25)35(7)28(38)34(24)6)37-23-13-21(30)20(18-14-31-33(5)15-18)12-22(23)32-27(37)29(2,3)4/h10-15,17H,8-9,16H2,1-7H3/t17-/m0/s1. The topological polar surface area (TPSA) is 75.0 Å². The first-order valence-corrected chi connectivity index (χ1v) is 13.2. The first-order chi connectivity index (χ1) is 18.5. The Bertz CT molecular complexity index is 1800. The van der Waals surface area contributed by atoms with E-state index in [0.29, 0.717) is 41.9 Å². The van der Waals surface area contributed by atoms with Gasteiger partial charge in [-0.25, -0.2) is 14.2 Å². The minimum Gasteiger partial charge on any atom is -0.377 e. The molecule has 204 valence electrons. The first kappa shape index (κ1) is 25.4. The molecule has 1 saturated heterocycles. The van der Waals surface area contributed by atoms with Gasteiger partial charge in [-0.2, -0.15) is 5.10 Å². The van der Waals surface area contributed by atoms with Gasteiger partial charge in [-0.3, -0.25) is 18.4 Å². The Morgan fingerprint density at radius 2 is 1.82 bits per heavy atom. The van der Waals surface area contributed by atoms with E-state index in [9.17, 15) is 4.79 Å². The Morgan fingerprint density at radius 1 is 1.05 bits per heavy atom. The Morgan fingerprint density at radius 3 is 2.49 bits per heavy atom. The minimum absolute atomic E-state index is 0.0944. The van der Waals surface area contributed by atoms with Crippen molar-refractivity contribution in [1.29, 1.82) is 0 Å². The third-order valence-electron chi connectivity index (χ3n) is 7.69. The Hall–Kier alpha value is -3.92. The van der Waals surface area contributed by atoms with Crippen LogP contribution in [0.4, 0.5) is 10.1 Å². The summed E-state index contributed by atoms with van der Waals surface area (Å²) in [4.78, 5) is 20.4. The number of benzene rings is 2. The molecular weight excluding hydrogens is 497 g/mol. The number of rotatable bonds is 3. The molecule has 0 unspecified atom stereocenters. The summed E-state index contributed by atoms with van der Waals surface area (Å²) in [5.74, 6) is 0.466. The molecule has 0 aliphatic carbocycles. The maximum Gasteiger partial charge on any atom is 0.328 e. The summed E-state index contributed by atoms with van der Waals surface area (Å²) in [6, 6.07) is 7.61. The molecule has 1 fully saturated rings. The van der Waals surface area contributed by atoms with Crippen LogP contribution in [0, 0.1) is 5.82 Å². The van der Waals surface area contributed by atoms with E-state index in [4.69, 9.17) is 9.72 Å². The highest BCUT2D eigenvalue weighted by Crippen LogP contribution is 2.37. The van der Waals surface area contributed by atoms with Crippen LogP contribution in [0.1, 0.15) is 33.5 Å². The molecule has 5 aromatic rings. The number of imidazole rings is 2. The number of morpholine rings is 1. The predicted molar refractivity (Wildman–Crippen MR) is 151 cm³/mol. The molecule has 39 heavy (non-hydrogen) atoms. The summed E-state index contributed by atoms with van der Waals surface area (Å²) in [7, 11) is 5.41. The normalized spacial score (nSPS) is 16.6. The zero-order valence-electron chi connectivity index (χ0n) is 23.5. The summed E-state index contributed by atoms with van der Waals surface area (Å²) in [5.41, 5.74) is 5.56. The van der Waals surface area contributed by atoms with E-state index in [1.54, 1.807) is 45.4 Å². The van der Waals surface area contributed by atoms with E-state index in [1.807, 2.05) is 24.7 Å². The second-order valence-corrected chi connectivity index (χ2v) is 11.6. The molecule has 1 atom stereocenters. The van der Waals surface area contributed by atoms with Crippen molar-refractivity contribution in [3.63, 3.8) is 0 Å². The summed E-state index contributed by atoms with van der Waals surface area (Å²) in [5, 5.41) is 4.21. The van der Waals surface area contributed by atoms with Crippen molar-refractivity contribution in [3.05, 3.63) is 58.8 Å². The van der Waals surface area contributed by atoms with Crippen molar-refractivity contribution in [3.8, 4) is 16.8 Å². The van der Waals surface area contributed by atoms with Crippen LogP contribution < -0.4 is 10.6 Å². The zero-order chi connectivity index (χ0) is 27.8. The van der Waals surface area contributed by atoms with E-state index in [-0.39, 0.29) is 23.0 Å². The van der Waals surface area contributed by atoms with Crippen LogP contribution in [0.3, 0.4) is 0 Å². The van der Waals surface area contributed by atoms with Crippen LogP contribution in [0.2, 0.25) is 0 Å². The molecule has 0 N–H and O–H groups in total. The van der Waals surface area contributed by atoms with Crippen molar-refractivity contribution in [2.75, 3.05) is 24.7 Å². The molecule has 0 radical (unpaired) electrons. The fourth-order valence-electron chi connectivity index (χ4n) is 5.69. The average molecular weight is 532 g/mol. The molecular formula is C29H34FN7O2. The first-order valence-electron chi connectivity index (χ1n) is 13.2. The Labute approximate surface area is 226 Å². The molecule has 0 bridgehead atoms. The molecule has 0 amide bonds. The maximum atomic E-state index is 15.7. The molecule has 0 spiro atoms. The van der Waals surface area contributed by atoms with Crippen molar-refractivity contribution in [1.82, 2.24) is 28.5 Å².